The van der Waals surface area contributed by atoms with E-state index < -0.39 is 11.9 Å². The van der Waals surface area contributed by atoms with Crippen molar-refractivity contribution in [1.82, 2.24) is 0 Å². The molecule has 0 aromatic heterocycles. The van der Waals surface area contributed by atoms with Gasteiger partial charge in [-0.1, -0.05) is 84.9 Å². The maximum Gasteiger partial charge on any atom is 0.344 e. The number of carbonyl (C=O) groups excluding carboxylic acids is 2. The van der Waals surface area contributed by atoms with Gasteiger partial charge in [-0.05, 0) is 51.9 Å². The van der Waals surface area contributed by atoms with Gasteiger partial charge in [0.25, 0.3) is 0 Å². The van der Waals surface area contributed by atoms with E-state index in [0.717, 1.165) is 21.5 Å². The fourth-order valence-electron chi connectivity index (χ4n) is 5.53. The molecule has 0 saturated carbocycles. The molecule has 0 N–H and O–H groups in total. The lowest BCUT2D eigenvalue weighted by Crippen LogP contribution is -2.15. The van der Waals surface area contributed by atoms with Gasteiger partial charge in [-0.15, -0.1) is 0 Å². The monoisotopic (exact) mass is 522 g/mol. The molecule has 7 rings (SSSR count). The summed E-state index contributed by atoms with van der Waals surface area (Å²) in [6.07, 6.45) is 0. The van der Waals surface area contributed by atoms with Gasteiger partial charge < -0.3 is 14.2 Å². The van der Waals surface area contributed by atoms with E-state index in [1.807, 2.05) is 66.7 Å². The summed E-state index contributed by atoms with van der Waals surface area (Å²) in [5, 5.41) is 3.66. The smallest absolute Gasteiger partial charge is 0.344 e. The Morgan fingerprint density at radius 2 is 0.975 bits per heavy atom. The lowest BCUT2D eigenvalue weighted by molar-refractivity contribution is 0.0721. The Hall–Kier alpha value is -5.42. The van der Waals surface area contributed by atoms with E-state index in [4.69, 9.17) is 14.2 Å². The Morgan fingerprint density at radius 1 is 0.475 bits per heavy atom. The van der Waals surface area contributed by atoms with E-state index in [-0.39, 0.29) is 5.56 Å². The molecule has 0 unspecified atom stereocenters. The van der Waals surface area contributed by atoms with Gasteiger partial charge in [-0.25, -0.2) is 9.59 Å². The highest BCUT2D eigenvalue weighted by Gasteiger charge is 2.28. The molecule has 0 aliphatic carbocycles. The number of hydrogen-bond acceptors (Lipinski definition) is 5. The summed E-state index contributed by atoms with van der Waals surface area (Å²) in [5.74, 6) is 0.0699. The van der Waals surface area contributed by atoms with Gasteiger partial charge in [-0.3, -0.25) is 0 Å². The van der Waals surface area contributed by atoms with E-state index in [0.29, 0.717) is 45.1 Å². The molecule has 0 bridgehead atoms. The molecule has 0 amide bonds. The van der Waals surface area contributed by atoms with Crippen LogP contribution in [-0.2, 0) is 0 Å². The first-order valence-corrected chi connectivity index (χ1v) is 12.9. The molecule has 0 fully saturated rings. The van der Waals surface area contributed by atoms with Crippen LogP contribution in [0.5, 0.6) is 17.2 Å². The Morgan fingerprint density at radius 3 is 1.57 bits per heavy atom. The average molecular weight is 523 g/mol. The van der Waals surface area contributed by atoms with Crippen LogP contribution in [0.3, 0.4) is 0 Å². The molecule has 0 saturated heterocycles. The van der Waals surface area contributed by atoms with Crippen LogP contribution < -0.4 is 14.2 Å². The molecular weight excluding hydrogens is 500 g/mol. The molecule has 5 nitrogen and oxygen atoms in total. The van der Waals surface area contributed by atoms with Crippen molar-refractivity contribution in [2.24, 2.45) is 0 Å². The van der Waals surface area contributed by atoms with E-state index in [9.17, 15) is 9.59 Å². The van der Waals surface area contributed by atoms with E-state index in [1.165, 1.54) is 7.11 Å². The van der Waals surface area contributed by atoms with Gasteiger partial charge in [0.15, 0.2) is 0 Å². The Kier molecular flexibility index (Phi) is 5.56. The van der Waals surface area contributed by atoms with Gasteiger partial charge in [0.1, 0.15) is 17.2 Å². The number of carbonyl (C=O) groups is 2. The third-order valence-corrected chi connectivity index (χ3v) is 7.32. The SMILES string of the molecule is COc1cccc2c1-c1ccccc1C(=O)Oc1ccc3ccccc3c1-c1c(ccc3ccccc13)OC2=O. The molecule has 1 aliphatic heterocycles. The van der Waals surface area contributed by atoms with Gasteiger partial charge in [0.05, 0.1) is 18.2 Å². The number of rotatable bonds is 1. The number of methoxy groups -OCH3 is 1. The minimum absolute atomic E-state index is 0.275. The quantitative estimate of drug-likeness (QED) is 0.161. The third kappa shape index (κ3) is 3.71. The molecule has 192 valence electrons. The Bertz CT molecular complexity index is 1990. The minimum atomic E-state index is -0.559. The lowest BCUT2D eigenvalue weighted by Gasteiger charge is -2.21. The van der Waals surface area contributed by atoms with Gasteiger partial charge in [-0.2, -0.15) is 0 Å². The molecular formula is C35H22O5. The fraction of sp³-hybridized carbons (Fsp3) is 0.0286. The van der Waals surface area contributed by atoms with Crippen molar-refractivity contribution < 1.29 is 23.8 Å². The van der Waals surface area contributed by atoms with Crippen LogP contribution in [0.1, 0.15) is 20.7 Å². The number of esters is 2. The van der Waals surface area contributed by atoms with Crippen molar-refractivity contribution in [3.63, 3.8) is 0 Å². The number of fused-ring (bicyclic) bond motifs is 10. The molecule has 1 heterocycles. The van der Waals surface area contributed by atoms with Crippen molar-refractivity contribution in [2.45, 2.75) is 0 Å². The second-order valence-electron chi connectivity index (χ2n) is 9.53. The summed E-state index contributed by atoms with van der Waals surface area (Å²) < 4.78 is 18.1. The lowest BCUT2D eigenvalue weighted by atomic mass is 9.91. The zero-order valence-corrected chi connectivity index (χ0v) is 21.5. The molecule has 0 radical (unpaired) electrons. The first-order valence-electron chi connectivity index (χ1n) is 12.9. The van der Waals surface area contributed by atoms with Crippen molar-refractivity contribution in [3.05, 3.63) is 126 Å². The van der Waals surface area contributed by atoms with Crippen LogP contribution in [0.4, 0.5) is 0 Å². The summed E-state index contributed by atoms with van der Waals surface area (Å²) in [5.41, 5.74) is 2.90. The molecule has 5 heteroatoms. The van der Waals surface area contributed by atoms with Crippen LogP contribution in [0.15, 0.2) is 115 Å². The van der Waals surface area contributed by atoms with Crippen molar-refractivity contribution in [2.75, 3.05) is 7.11 Å². The first-order chi connectivity index (χ1) is 19.6. The zero-order valence-electron chi connectivity index (χ0n) is 21.5. The number of hydrogen-bond donors (Lipinski definition) is 0. The standard InChI is InChI=1S/C35H22O5/c1-38-28-16-8-15-27-31(28)25-13-6-7-14-26(25)34(36)39-29-19-17-21-9-2-4-11-23(21)32(29)33-24-12-5-3-10-22(24)18-20-30(33)40-35(27)37/h2-20H,1H3. The largest absolute Gasteiger partial charge is 0.496 e. The second-order valence-corrected chi connectivity index (χ2v) is 9.53. The normalized spacial score (nSPS) is 12.6. The average Bonchev–Trinajstić information content (AvgIpc) is 3.00. The van der Waals surface area contributed by atoms with Crippen molar-refractivity contribution in [1.29, 1.82) is 0 Å². The summed E-state index contributed by atoms with van der Waals surface area (Å²) >= 11 is 0. The minimum Gasteiger partial charge on any atom is -0.496 e. The highest BCUT2D eigenvalue weighted by Crippen LogP contribution is 2.47. The first kappa shape index (κ1) is 23.7. The predicted molar refractivity (Wildman–Crippen MR) is 155 cm³/mol. The summed E-state index contributed by atoms with van der Waals surface area (Å²) in [6, 6.07) is 35.4. The van der Waals surface area contributed by atoms with Gasteiger partial charge >= 0.3 is 11.9 Å². The van der Waals surface area contributed by atoms with Crippen LogP contribution in [0, 0.1) is 0 Å². The highest BCUT2D eigenvalue weighted by atomic mass is 16.5. The number of ether oxygens (including phenoxy) is 3. The molecule has 0 spiro atoms. The molecule has 40 heavy (non-hydrogen) atoms. The van der Waals surface area contributed by atoms with Crippen LogP contribution >= 0.6 is 0 Å². The second kappa shape index (κ2) is 9.40. The summed E-state index contributed by atoms with van der Waals surface area (Å²) in [7, 11) is 1.53. The number of benzene rings is 6. The van der Waals surface area contributed by atoms with Crippen LogP contribution in [-0.4, -0.2) is 19.0 Å². The molecule has 0 atom stereocenters. The van der Waals surface area contributed by atoms with Gasteiger partial charge in [0, 0.05) is 22.3 Å². The zero-order chi connectivity index (χ0) is 27.2. The maximum absolute atomic E-state index is 14.0. The van der Waals surface area contributed by atoms with E-state index in [1.54, 1.807) is 48.5 Å². The third-order valence-electron chi connectivity index (χ3n) is 7.32. The Balaban J connectivity index is 1.61. The van der Waals surface area contributed by atoms with Crippen LogP contribution in [0.25, 0.3) is 43.8 Å². The molecule has 1 aliphatic rings. The fourth-order valence-corrected chi connectivity index (χ4v) is 5.53. The molecule has 6 aromatic carbocycles. The topological polar surface area (TPSA) is 61.8 Å². The molecule has 6 aromatic rings. The van der Waals surface area contributed by atoms with Crippen LogP contribution in [0.2, 0.25) is 0 Å². The predicted octanol–water partition coefficient (Wildman–Crippen LogP) is 8.09. The highest BCUT2D eigenvalue weighted by molar-refractivity contribution is 6.13. The van der Waals surface area contributed by atoms with E-state index >= 15 is 0 Å². The van der Waals surface area contributed by atoms with Crippen molar-refractivity contribution >= 4 is 33.5 Å². The summed E-state index contributed by atoms with van der Waals surface area (Å²) in [6.45, 7) is 0. The van der Waals surface area contributed by atoms with Crippen molar-refractivity contribution in [3.8, 4) is 39.5 Å². The Labute approximate surface area is 230 Å². The summed E-state index contributed by atoms with van der Waals surface area (Å²) in [4.78, 5) is 27.9. The van der Waals surface area contributed by atoms with Gasteiger partial charge in [0.2, 0.25) is 0 Å². The van der Waals surface area contributed by atoms with E-state index in [2.05, 4.69) is 0 Å². The maximum atomic E-state index is 14.0.